The molecule has 0 unspecified atom stereocenters. The monoisotopic (exact) mass is 312 g/mol. The number of esters is 1. The molecule has 3 rings (SSSR count). The van der Waals surface area contributed by atoms with Crippen LogP contribution in [0.1, 0.15) is 23.2 Å². The lowest BCUT2D eigenvalue weighted by Gasteiger charge is -2.04. The van der Waals surface area contributed by atoms with Gasteiger partial charge in [0.1, 0.15) is 10.9 Å². The first-order chi connectivity index (χ1) is 9.95. The van der Waals surface area contributed by atoms with Gasteiger partial charge in [0, 0.05) is 0 Å². The minimum absolute atomic E-state index is 0.0324. The van der Waals surface area contributed by atoms with Crippen molar-refractivity contribution < 1.29 is 22.7 Å². The molecule has 2 N–H and O–H groups in total. The van der Waals surface area contributed by atoms with Crippen LogP contribution >= 0.6 is 0 Å². The van der Waals surface area contributed by atoms with E-state index in [1.165, 1.54) is 19.2 Å². The molecule has 2 aliphatic rings. The molecular formula is C13H16N2O5S. The second kappa shape index (κ2) is 6.23. The number of ether oxygens (including phenoxy) is 1. The standard InChI is InChI=1S/C7H5NO3S.C6H11NO2/c9-7-5-3-1-2-4-6(5)12(10,11)8-7;1-9-6(8)5-3-2-4-7-5/h1-4H,(H,8,9);5,7H,2-4H2,1H3/t;5-/m.0/s1. The smallest absolute Gasteiger partial charge is 0.322 e. The molecule has 8 heteroatoms. The van der Waals surface area contributed by atoms with Gasteiger partial charge in [-0.05, 0) is 31.5 Å². The Labute approximate surface area is 122 Å². The van der Waals surface area contributed by atoms with Gasteiger partial charge in [0.2, 0.25) is 0 Å². The Morgan fingerprint density at radius 3 is 2.62 bits per heavy atom. The number of carbonyl (C=O) groups is 2. The minimum atomic E-state index is -3.55. The molecular weight excluding hydrogens is 296 g/mol. The zero-order valence-corrected chi connectivity index (χ0v) is 12.3. The molecule has 0 saturated carbocycles. The fourth-order valence-electron chi connectivity index (χ4n) is 2.15. The Morgan fingerprint density at radius 2 is 2.05 bits per heavy atom. The maximum atomic E-state index is 11.1. The van der Waals surface area contributed by atoms with Crippen LogP contribution in [0.4, 0.5) is 0 Å². The number of hydrogen-bond acceptors (Lipinski definition) is 6. The fourth-order valence-corrected chi connectivity index (χ4v) is 3.32. The van der Waals surface area contributed by atoms with Crippen LogP contribution in [0.3, 0.4) is 0 Å². The van der Waals surface area contributed by atoms with Crippen LogP contribution in [0.2, 0.25) is 0 Å². The second-order valence-corrected chi connectivity index (χ2v) is 6.25. The van der Waals surface area contributed by atoms with E-state index >= 15 is 0 Å². The summed E-state index contributed by atoms with van der Waals surface area (Å²) in [5, 5.41) is 3.03. The summed E-state index contributed by atoms with van der Waals surface area (Å²) >= 11 is 0. The van der Waals surface area contributed by atoms with Crippen molar-refractivity contribution in [3.05, 3.63) is 29.8 Å². The van der Waals surface area contributed by atoms with Crippen LogP contribution in [-0.2, 0) is 19.6 Å². The number of amides is 1. The van der Waals surface area contributed by atoms with E-state index in [2.05, 4.69) is 10.1 Å². The topological polar surface area (TPSA) is 102 Å². The lowest BCUT2D eigenvalue weighted by Crippen LogP contribution is -2.31. The molecule has 1 fully saturated rings. The average Bonchev–Trinajstić information content (AvgIpc) is 3.07. The third-order valence-electron chi connectivity index (χ3n) is 3.19. The zero-order valence-electron chi connectivity index (χ0n) is 11.5. The Balaban J connectivity index is 0.000000161. The number of carbonyl (C=O) groups excluding carboxylic acids is 2. The summed E-state index contributed by atoms with van der Waals surface area (Å²) < 4.78 is 28.7. The molecule has 0 bridgehead atoms. The zero-order chi connectivity index (χ0) is 15.5. The van der Waals surface area contributed by atoms with E-state index in [0.29, 0.717) is 0 Å². The van der Waals surface area contributed by atoms with Crippen LogP contribution in [0.25, 0.3) is 0 Å². The van der Waals surface area contributed by atoms with Gasteiger partial charge in [0.25, 0.3) is 15.9 Å². The van der Waals surface area contributed by atoms with Crippen molar-refractivity contribution in [3.63, 3.8) is 0 Å². The SMILES string of the molecule is COC(=O)[C@@H]1CCCN1.O=C1NS(=O)(=O)c2ccccc21. The molecule has 1 aromatic rings. The van der Waals surface area contributed by atoms with E-state index in [0.717, 1.165) is 19.4 Å². The van der Waals surface area contributed by atoms with Crippen molar-refractivity contribution in [2.24, 2.45) is 0 Å². The highest BCUT2D eigenvalue weighted by Gasteiger charge is 2.31. The molecule has 2 aliphatic heterocycles. The molecule has 7 nitrogen and oxygen atoms in total. The Hall–Kier alpha value is -1.93. The average molecular weight is 312 g/mol. The first-order valence-corrected chi connectivity index (χ1v) is 7.91. The molecule has 0 aromatic heterocycles. The van der Waals surface area contributed by atoms with Gasteiger partial charge >= 0.3 is 5.97 Å². The van der Waals surface area contributed by atoms with E-state index in [9.17, 15) is 18.0 Å². The molecule has 0 aliphatic carbocycles. The third-order valence-corrected chi connectivity index (χ3v) is 4.58. The van der Waals surface area contributed by atoms with E-state index in [4.69, 9.17) is 0 Å². The van der Waals surface area contributed by atoms with E-state index in [1.54, 1.807) is 12.1 Å². The van der Waals surface area contributed by atoms with Crippen LogP contribution in [0.15, 0.2) is 29.2 Å². The molecule has 21 heavy (non-hydrogen) atoms. The van der Waals surface area contributed by atoms with E-state index in [-0.39, 0.29) is 22.5 Å². The van der Waals surface area contributed by atoms with Crippen molar-refractivity contribution >= 4 is 21.9 Å². The van der Waals surface area contributed by atoms with Gasteiger partial charge in [-0.2, -0.15) is 0 Å². The van der Waals surface area contributed by atoms with E-state index in [1.807, 2.05) is 4.72 Å². The van der Waals surface area contributed by atoms with Gasteiger partial charge in [-0.1, -0.05) is 12.1 Å². The highest BCUT2D eigenvalue weighted by molar-refractivity contribution is 7.90. The number of hydrogen-bond donors (Lipinski definition) is 2. The molecule has 1 amide bonds. The van der Waals surface area contributed by atoms with Crippen LogP contribution in [0.5, 0.6) is 0 Å². The van der Waals surface area contributed by atoms with Gasteiger partial charge in [0.15, 0.2) is 0 Å². The molecule has 2 heterocycles. The molecule has 1 atom stereocenters. The van der Waals surface area contributed by atoms with Gasteiger partial charge in [-0.15, -0.1) is 0 Å². The summed E-state index contributed by atoms with van der Waals surface area (Å²) in [6.45, 7) is 0.944. The van der Waals surface area contributed by atoms with Crippen molar-refractivity contribution in [1.29, 1.82) is 0 Å². The minimum Gasteiger partial charge on any atom is -0.468 e. The first-order valence-electron chi connectivity index (χ1n) is 6.43. The van der Waals surface area contributed by atoms with Crippen LogP contribution in [0, 0.1) is 0 Å². The third kappa shape index (κ3) is 3.40. The summed E-state index contributed by atoms with van der Waals surface area (Å²) in [6.07, 6.45) is 2.01. The number of rotatable bonds is 1. The summed E-state index contributed by atoms with van der Waals surface area (Å²) in [4.78, 5) is 21.8. The molecule has 0 spiro atoms. The lowest BCUT2D eigenvalue weighted by atomic mass is 10.2. The normalized spacial score (nSPS) is 21.8. The van der Waals surface area contributed by atoms with Crippen LogP contribution in [-0.4, -0.2) is 40.0 Å². The number of fused-ring (bicyclic) bond motifs is 1. The number of methoxy groups -OCH3 is 1. The number of sulfonamides is 1. The van der Waals surface area contributed by atoms with Gasteiger partial charge in [-0.3, -0.25) is 9.59 Å². The van der Waals surface area contributed by atoms with Gasteiger partial charge in [-0.25, -0.2) is 13.1 Å². The van der Waals surface area contributed by atoms with E-state index < -0.39 is 15.9 Å². The highest BCUT2D eigenvalue weighted by atomic mass is 32.2. The summed E-state index contributed by atoms with van der Waals surface area (Å²) in [7, 11) is -2.14. The first kappa shape index (κ1) is 15.5. The molecule has 1 aromatic carbocycles. The molecule has 0 radical (unpaired) electrons. The van der Waals surface area contributed by atoms with Crippen LogP contribution < -0.4 is 10.0 Å². The summed E-state index contributed by atoms with van der Waals surface area (Å²) in [6, 6.07) is 6.06. The molecule has 114 valence electrons. The Morgan fingerprint density at radius 1 is 1.33 bits per heavy atom. The summed E-state index contributed by atoms with van der Waals surface area (Å²) in [5.74, 6) is -0.682. The van der Waals surface area contributed by atoms with Crippen molar-refractivity contribution in [2.45, 2.75) is 23.8 Å². The largest absolute Gasteiger partial charge is 0.468 e. The quantitative estimate of drug-likeness (QED) is 0.710. The van der Waals surface area contributed by atoms with Crippen molar-refractivity contribution in [1.82, 2.24) is 10.0 Å². The Bertz CT molecular complexity index is 650. The summed E-state index contributed by atoms with van der Waals surface area (Å²) in [5.41, 5.74) is 0.220. The predicted molar refractivity (Wildman–Crippen MR) is 74.1 cm³/mol. The molecule has 1 saturated heterocycles. The van der Waals surface area contributed by atoms with Gasteiger partial charge < -0.3 is 10.1 Å². The second-order valence-electron chi connectivity index (χ2n) is 4.60. The highest BCUT2D eigenvalue weighted by Crippen LogP contribution is 2.20. The predicted octanol–water partition coefficient (Wildman–Crippen LogP) is 0.0301. The van der Waals surface area contributed by atoms with Gasteiger partial charge in [0.05, 0.1) is 12.7 Å². The van der Waals surface area contributed by atoms with Crippen molar-refractivity contribution in [3.8, 4) is 0 Å². The number of benzene rings is 1. The maximum absolute atomic E-state index is 11.1. The maximum Gasteiger partial charge on any atom is 0.322 e. The fraction of sp³-hybridized carbons (Fsp3) is 0.385. The lowest BCUT2D eigenvalue weighted by molar-refractivity contribution is -0.142. The van der Waals surface area contributed by atoms with Crippen molar-refractivity contribution in [2.75, 3.05) is 13.7 Å². The number of nitrogens with one attached hydrogen (secondary N) is 2. The Kier molecular flexibility index (Phi) is 4.59.